The van der Waals surface area contributed by atoms with E-state index in [2.05, 4.69) is 15.9 Å². The van der Waals surface area contributed by atoms with Gasteiger partial charge in [0.15, 0.2) is 11.4 Å². The van der Waals surface area contributed by atoms with Crippen molar-refractivity contribution in [2.45, 2.75) is 25.4 Å². The molecule has 1 aliphatic rings. The first-order chi connectivity index (χ1) is 11.0. The van der Waals surface area contributed by atoms with E-state index in [-0.39, 0.29) is 12.2 Å². The minimum absolute atomic E-state index is 0.136. The molecule has 1 amide bonds. The summed E-state index contributed by atoms with van der Waals surface area (Å²) in [5.41, 5.74) is -0.766. The number of anilines is 1. The van der Waals surface area contributed by atoms with Crippen molar-refractivity contribution >= 4 is 33.3 Å². The highest BCUT2D eigenvalue weighted by Gasteiger charge is 2.51. The zero-order chi connectivity index (χ0) is 16.6. The molecule has 120 valence electrons. The van der Waals surface area contributed by atoms with E-state index in [1.165, 1.54) is 17.2 Å². The number of carbonyl (C=O) groups is 2. The van der Waals surface area contributed by atoms with Crippen molar-refractivity contribution < 1.29 is 19.1 Å². The average molecular weight is 378 g/mol. The summed E-state index contributed by atoms with van der Waals surface area (Å²) < 4.78 is 5.82. The molecule has 1 unspecified atom stereocenters. The number of carbonyl (C=O) groups excluding carboxylic acids is 2. The van der Waals surface area contributed by atoms with Gasteiger partial charge in [-0.25, -0.2) is 0 Å². The molecule has 2 heterocycles. The number of halogens is 1. The van der Waals surface area contributed by atoms with Gasteiger partial charge in [0.05, 0.1) is 18.4 Å². The second-order valence-electron chi connectivity index (χ2n) is 5.56. The number of ketones is 1. The van der Waals surface area contributed by atoms with E-state index in [9.17, 15) is 14.7 Å². The average Bonchev–Trinajstić information content (AvgIpc) is 3.11. The second-order valence-corrected chi connectivity index (χ2v) is 6.47. The first-order valence-corrected chi connectivity index (χ1v) is 8.17. The van der Waals surface area contributed by atoms with Crippen LogP contribution in [0.5, 0.6) is 0 Å². The van der Waals surface area contributed by atoms with Crippen molar-refractivity contribution in [3.8, 4) is 0 Å². The van der Waals surface area contributed by atoms with Crippen molar-refractivity contribution in [1.82, 2.24) is 0 Å². The van der Waals surface area contributed by atoms with E-state index >= 15 is 0 Å². The quantitative estimate of drug-likeness (QED) is 0.811. The second kappa shape index (κ2) is 5.94. The molecule has 3 rings (SSSR count). The van der Waals surface area contributed by atoms with Gasteiger partial charge in [-0.2, -0.15) is 0 Å². The lowest BCUT2D eigenvalue weighted by atomic mass is 9.89. The lowest BCUT2D eigenvalue weighted by molar-refractivity contribution is -0.135. The summed E-state index contributed by atoms with van der Waals surface area (Å²) in [5, 5.41) is 11.0. The summed E-state index contributed by atoms with van der Waals surface area (Å²) in [5.74, 6) is -0.737. The van der Waals surface area contributed by atoms with Crippen molar-refractivity contribution in [2.24, 2.45) is 0 Å². The third kappa shape index (κ3) is 2.62. The van der Waals surface area contributed by atoms with E-state index < -0.39 is 17.3 Å². The van der Waals surface area contributed by atoms with Crippen LogP contribution in [0.1, 0.15) is 35.9 Å². The molecular formula is C17H16BrNO4. The predicted molar refractivity (Wildman–Crippen MR) is 88.3 cm³/mol. The van der Waals surface area contributed by atoms with Crippen LogP contribution in [0.15, 0.2) is 45.5 Å². The standard InChI is InChI=1S/C17H16BrNO4/c1-2-7-19-13-6-5-11(18)9-12(13)17(22,16(19)21)10-14(20)15-4-3-8-23-15/h3-6,8-9,22H,2,7,10H2,1H3. The highest BCUT2D eigenvalue weighted by molar-refractivity contribution is 9.10. The summed E-state index contributed by atoms with van der Waals surface area (Å²) in [7, 11) is 0. The van der Waals surface area contributed by atoms with Crippen LogP contribution in [0, 0.1) is 0 Å². The van der Waals surface area contributed by atoms with Crippen LogP contribution in [0.2, 0.25) is 0 Å². The zero-order valence-electron chi connectivity index (χ0n) is 12.6. The number of nitrogens with zero attached hydrogens (tertiary/aromatic N) is 1. The highest BCUT2D eigenvalue weighted by atomic mass is 79.9. The molecule has 0 aliphatic carbocycles. The predicted octanol–water partition coefficient (Wildman–Crippen LogP) is 3.26. The Kier molecular flexibility index (Phi) is 4.12. The van der Waals surface area contributed by atoms with Crippen LogP contribution in [0.25, 0.3) is 0 Å². The molecule has 1 aliphatic heterocycles. The Morgan fingerprint density at radius 3 is 2.83 bits per heavy atom. The summed E-state index contributed by atoms with van der Waals surface area (Å²) in [6, 6.07) is 8.41. The van der Waals surface area contributed by atoms with Gasteiger partial charge in [0.1, 0.15) is 0 Å². The molecule has 5 nitrogen and oxygen atoms in total. The minimum Gasteiger partial charge on any atom is -0.461 e. The number of Topliss-reactive ketones (excluding diaryl/α,β-unsaturated/α-hetero) is 1. The molecule has 0 saturated heterocycles. The zero-order valence-corrected chi connectivity index (χ0v) is 14.2. The minimum atomic E-state index is -1.86. The maximum atomic E-state index is 12.8. The SMILES string of the molecule is CCCN1C(=O)C(O)(CC(=O)c2ccco2)c2cc(Br)ccc21. The number of hydrogen-bond donors (Lipinski definition) is 1. The van der Waals surface area contributed by atoms with Crippen LogP contribution < -0.4 is 4.90 Å². The molecule has 2 aromatic rings. The molecule has 6 heteroatoms. The molecule has 1 atom stereocenters. The number of hydrogen-bond acceptors (Lipinski definition) is 4. The summed E-state index contributed by atoms with van der Waals surface area (Å²) >= 11 is 3.36. The fourth-order valence-corrected chi connectivity index (χ4v) is 3.26. The molecule has 1 aromatic heterocycles. The van der Waals surface area contributed by atoms with Gasteiger partial charge in [0, 0.05) is 16.6 Å². The molecule has 0 saturated carbocycles. The topological polar surface area (TPSA) is 70.8 Å². The van der Waals surface area contributed by atoms with Crippen LogP contribution in [-0.2, 0) is 10.4 Å². The molecule has 1 N–H and O–H groups in total. The normalized spacial score (nSPS) is 20.0. The van der Waals surface area contributed by atoms with Gasteiger partial charge >= 0.3 is 0 Å². The van der Waals surface area contributed by atoms with E-state index in [4.69, 9.17) is 4.42 Å². The maximum Gasteiger partial charge on any atom is 0.264 e. The van der Waals surface area contributed by atoms with Crippen molar-refractivity contribution in [3.05, 3.63) is 52.4 Å². The fourth-order valence-electron chi connectivity index (χ4n) is 2.90. The van der Waals surface area contributed by atoms with E-state index in [1.807, 2.05) is 13.0 Å². The van der Waals surface area contributed by atoms with Gasteiger partial charge in [0.2, 0.25) is 5.78 Å². The molecule has 0 bridgehead atoms. The molecule has 1 aromatic carbocycles. The van der Waals surface area contributed by atoms with Crippen LogP contribution in [-0.4, -0.2) is 23.3 Å². The lowest BCUT2D eigenvalue weighted by Gasteiger charge is -2.22. The molecule has 23 heavy (non-hydrogen) atoms. The van der Waals surface area contributed by atoms with Gasteiger partial charge in [0.25, 0.3) is 5.91 Å². The van der Waals surface area contributed by atoms with Gasteiger partial charge in [-0.15, -0.1) is 0 Å². The van der Waals surface area contributed by atoms with Crippen molar-refractivity contribution in [1.29, 1.82) is 0 Å². The van der Waals surface area contributed by atoms with Crippen molar-refractivity contribution in [3.63, 3.8) is 0 Å². The Balaban J connectivity index is 2.02. The third-order valence-corrected chi connectivity index (χ3v) is 4.45. The molecule has 0 spiro atoms. The number of rotatable bonds is 5. The van der Waals surface area contributed by atoms with Gasteiger partial charge in [-0.3, -0.25) is 9.59 Å². The maximum absolute atomic E-state index is 12.8. The Labute approximate surface area is 142 Å². The monoisotopic (exact) mass is 377 g/mol. The van der Waals surface area contributed by atoms with Gasteiger partial charge < -0.3 is 14.4 Å². The van der Waals surface area contributed by atoms with E-state index in [0.29, 0.717) is 17.8 Å². The highest BCUT2D eigenvalue weighted by Crippen LogP contribution is 2.44. The summed E-state index contributed by atoms with van der Waals surface area (Å²) in [6.07, 6.45) is 1.80. The molecule has 0 radical (unpaired) electrons. The number of amides is 1. The number of benzene rings is 1. The Hall–Kier alpha value is -1.92. The van der Waals surface area contributed by atoms with E-state index in [0.717, 1.165) is 10.9 Å². The van der Waals surface area contributed by atoms with E-state index in [1.54, 1.807) is 18.2 Å². The Morgan fingerprint density at radius 1 is 1.39 bits per heavy atom. The lowest BCUT2D eigenvalue weighted by Crippen LogP contribution is -2.42. The fraction of sp³-hybridized carbons (Fsp3) is 0.294. The van der Waals surface area contributed by atoms with Crippen LogP contribution >= 0.6 is 15.9 Å². The summed E-state index contributed by atoms with van der Waals surface area (Å²) in [4.78, 5) is 26.6. The molecule has 0 fully saturated rings. The van der Waals surface area contributed by atoms with Crippen LogP contribution in [0.3, 0.4) is 0 Å². The first-order valence-electron chi connectivity index (χ1n) is 7.38. The largest absolute Gasteiger partial charge is 0.461 e. The summed E-state index contributed by atoms with van der Waals surface area (Å²) in [6.45, 7) is 2.45. The molecular weight excluding hydrogens is 362 g/mol. The Bertz CT molecular complexity index is 756. The third-order valence-electron chi connectivity index (χ3n) is 3.95. The van der Waals surface area contributed by atoms with Gasteiger partial charge in [-0.05, 0) is 36.8 Å². The number of fused-ring (bicyclic) bond motifs is 1. The van der Waals surface area contributed by atoms with Crippen LogP contribution in [0.4, 0.5) is 5.69 Å². The Morgan fingerprint density at radius 2 is 2.17 bits per heavy atom. The smallest absolute Gasteiger partial charge is 0.264 e. The number of aliphatic hydroxyl groups is 1. The number of furan rings is 1. The van der Waals surface area contributed by atoms with Crippen molar-refractivity contribution in [2.75, 3.05) is 11.4 Å². The first kappa shape index (κ1) is 16.0. The van der Waals surface area contributed by atoms with Gasteiger partial charge in [-0.1, -0.05) is 22.9 Å².